The van der Waals surface area contributed by atoms with Gasteiger partial charge in [0.1, 0.15) is 0 Å². The molecule has 0 bridgehead atoms. The normalized spacial score (nSPS) is 16.9. The van der Waals surface area contributed by atoms with E-state index in [2.05, 4.69) is 74.4 Å². The maximum absolute atomic E-state index is 13.1. The second-order valence-electron chi connectivity index (χ2n) is 7.66. The number of hydrogen-bond acceptors (Lipinski definition) is 2. The van der Waals surface area contributed by atoms with Crippen LogP contribution in [-0.4, -0.2) is 52.5 Å². The number of aromatic nitrogens is 1. The van der Waals surface area contributed by atoms with E-state index in [1.807, 2.05) is 11.0 Å². The fourth-order valence-corrected chi connectivity index (χ4v) is 4.08. The molecule has 1 aliphatic rings. The van der Waals surface area contributed by atoms with Crippen LogP contribution in [0.15, 0.2) is 36.4 Å². The standard InChI is InChI=1S/C22H31N3O/c1-16(2)23-11-13-24(14-12-23)22(26)21-15-17(3)25(19(21)5)18(4)20-9-7-6-8-10-20/h6-10,15-16,18H,11-14H2,1-5H3/t18-/m1/s1. The lowest BCUT2D eigenvalue weighted by atomic mass is 10.1. The van der Waals surface area contributed by atoms with E-state index in [0.717, 1.165) is 43.1 Å². The van der Waals surface area contributed by atoms with E-state index in [1.54, 1.807) is 0 Å². The highest BCUT2D eigenvalue weighted by Crippen LogP contribution is 2.26. The minimum absolute atomic E-state index is 0.174. The summed E-state index contributed by atoms with van der Waals surface area (Å²) < 4.78 is 2.28. The van der Waals surface area contributed by atoms with Crippen LogP contribution in [0.4, 0.5) is 0 Å². The zero-order chi connectivity index (χ0) is 18.8. The highest BCUT2D eigenvalue weighted by molar-refractivity contribution is 5.95. The third-order valence-corrected chi connectivity index (χ3v) is 5.72. The van der Waals surface area contributed by atoms with Crippen molar-refractivity contribution in [3.05, 3.63) is 58.9 Å². The van der Waals surface area contributed by atoms with Crippen LogP contribution in [0.2, 0.25) is 0 Å². The lowest BCUT2D eigenvalue weighted by molar-refractivity contribution is 0.0594. The Morgan fingerprint density at radius 2 is 1.58 bits per heavy atom. The molecule has 0 radical (unpaired) electrons. The Balaban J connectivity index is 1.81. The van der Waals surface area contributed by atoms with Crippen LogP contribution in [0.5, 0.6) is 0 Å². The summed E-state index contributed by atoms with van der Waals surface area (Å²) in [6.07, 6.45) is 0. The third kappa shape index (κ3) is 3.56. The van der Waals surface area contributed by atoms with Gasteiger partial charge in [0, 0.05) is 43.6 Å². The average molecular weight is 354 g/mol. The number of aryl methyl sites for hydroxylation is 1. The maximum atomic E-state index is 13.1. The Morgan fingerprint density at radius 1 is 0.962 bits per heavy atom. The Kier molecular flexibility index (Phi) is 5.52. The number of hydrogen-bond donors (Lipinski definition) is 0. The van der Waals surface area contributed by atoms with Gasteiger partial charge in [-0.15, -0.1) is 0 Å². The summed E-state index contributed by atoms with van der Waals surface area (Å²) >= 11 is 0. The Morgan fingerprint density at radius 3 is 2.15 bits per heavy atom. The van der Waals surface area contributed by atoms with Gasteiger partial charge in [0.2, 0.25) is 0 Å². The molecule has 2 aromatic rings. The highest BCUT2D eigenvalue weighted by Gasteiger charge is 2.26. The van der Waals surface area contributed by atoms with Crippen molar-refractivity contribution in [2.24, 2.45) is 0 Å². The molecule has 26 heavy (non-hydrogen) atoms. The summed E-state index contributed by atoms with van der Waals surface area (Å²) in [5, 5.41) is 0. The van der Waals surface area contributed by atoms with Crippen molar-refractivity contribution in [1.82, 2.24) is 14.4 Å². The summed E-state index contributed by atoms with van der Waals surface area (Å²) in [7, 11) is 0. The molecule has 1 saturated heterocycles. The first kappa shape index (κ1) is 18.7. The van der Waals surface area contributed by atoms with E-state index in [-0.39, 0.29) is 11.9 Å². The lowest BCUT2D eigenvalue weighted by Crippen LogP contribution is -2.50. The van der Waals surface area contributed by atoms with Gasteiger partial charge in [0.15, 0.2) is 0 Å². The molecule has 1 aliphatic heterocycles. The van der Waals surface area contributed by atoms with Gasteiger partial charge in [-0.3, -0.25) is 9.69 Å². The first-order chi connectivity index (χ1) is 12.4. The Bertz CT molecular complexity index is 755. The SMILES string of the molecule is Cc1cc(C(=O)N2CCN(C(C)C)CC2)c(C)n1[C@H](C)c1ccccc1. The van der Waals surface area contributed by atoms with Crippen molar-refractivity contribution < 1.29 is 4.79 Å². The Hall–Kier alpha value is -2.07. The second-order valence-corrected chi connectivity index (χ2v) is 7.66. The first-order valence-corrected chi connectivity index (χ1v) is 9.67. The summed E-state index contributed by atoms with van der Waals surface area (Å²) in [6.45, 7) is 14.4. The molecule has 0 aliphatic carbocycles. The van der Waals surface area contributed by atoms with E-state index in [0.29, 0.717) is 6.04 Å². The molecule has 0 spiro atoms. The fraction of sp³-hybridized carbons (Fsp3) is 0.500. The molecule has 0 N–H and O–H groups in total. The smallest absolute Gasteiger partial charge is 0.255 e. The minimum atomic E-state index is 0.174. The van der Waals surface area contributed by atoms with Crippen LogP contribution in [0.1, 0.15) is 54.1 Å². The molecule has 4 heteroatoms. The largest absolute Gasteiger partial charge is 0.341 e. The van der Waals surface area contributed by atoms with Gasteiger partial charge in [0.05, 0.1) is 11.6 Å². The minimum Gasteiger partial charge on any atom is -0.341 e. The maximum Gasteiger partial charge on any atom is 0.255 e. The number of benzene rings is 1. The van der Waals surface area contributed by atoms with Crippen molar-refractivity contribution >= 4 is 5.91 Å². The van der Waals surface area contributed by atoms with Crippen molar-refractivity contribution in [1.29, 1.82) is 0 Å². The lowest BCUT2D eigenvalue weighted by Gasteiger charge is -2.37. The van der Waals surface area contributed by atoms with Gasteiger partial charge in [-0.2, -0.15) is 0 Å². The zero-order valence-corrected chi connectivity index (χ0v) is 16.7. The predicted molar refractivity (Wildman–Crippen MR) is 107 cm³/mol. The van der Waals surface area contributed by atoms with E-state index in [9.17, 15) is 4.79 Å². The van der Waals surface area contributed by atoms with Gasteiger partial charge in [-0.05, 0) is 46.2 Å². The molecule has 140 valence electrons. The van der Waals surface area contributed by atoms with Crippen LogP contribution in [0.25, 0.3) is 0 Å². The van der Waals surface area contributed by atoms with E-state index in [1.165, 1.54) is 5.56 Å². The number of rotatable bonds is 4. The van der Waals surface area contributed by atoms with Crippen LogP contribution < -0.4 is 0 Å². The molecule has 0 saturated carbocycles. The van der Waals surface area contributed by atoms with Crippen LogP contribution >= 0.6 is 0 Å². The first-order valence-electron chi connectivity index (χ1n) is 9.67. The summed E-state index contributed by atoms with van der Waals surface area (Å²) in [4.78, 5) is 17.6. The molecule has 1 aromatic carbocycles. The molecular weight excluding hydrogens is 322 g/mol. The number of piperazine rings is 1. The second kappa shape index (κ2) is 7.67. The summed E-state index contributed by atoms with van der Waals surface area (Å²) in [6, 6.07) is 13.3. The summed E-state index contributed by atoms with van der Waals surface area (Å²) in [5.74, 6) is 0.174. The molecule has 1 fully saturated rings. The molecule has 3 rings (SSSR count). The fourth-order valence-electron chi connectivity index (χ4n) is 4.08. The molecule has 2 heterocycles. The monoisotopic (exact) mass is 353 g/mol. The number of carbonyl (C=O) groups excluding carboxylic acids is 1. The van der Waals surface area contributed by atoms with Crippen molar-refractivity contribution in [2.45, 2.75) is 46.7 Å². The van der Waals surface area contributed by atoms with Gasteiger partial charge in [0.25, 0.3) is 5.91 Å². The van der Waals surface area contributed by atoms with E-state index in [4.69, 9.17) is 0 Å². The Labute approximate surface area is 157 Å². The van der Waals surface area contributed by atoms with Gasteiger partial charge in [-0.25, -0.2) is 0 Å². The van der Waals surface area contributed by atoms with Crippen molar-refractivity contribution in [3.63, 3.8) is 0 Å². The summed E-state index contributed by atoms with van der Waals surface area (Å²) in [5.41, 5.74) is 4.32. The van der Waals surface area contributed by atoms with Crippen LogP contribution in [0.3, 0.4) is 0 Å². The van der Waals surface area contributed by atoms with E-state index >= 15 is 0 Å². The molecule has 1 amide bonds. The highest BCUT2D eigenvalue weighted by atomic mass is 16.2. The predicted octanol–water partition coefficient (Wildman–Crippen LogP) is 3.88. The van der Waals surface area contributed by atoms with Gasteiger partial charge in [-0.1, -0.05) is 30.3 Å². The zero-order valence-electron chi connectivity index (χ0n) is 16.7. The third-order valence-electron chi connectivity index (χ3n) is 5.72. The molecule has 1 atom stereocenters. The van der Waals surface area contributed by atoms with Crippen LogP contribution in [0, 0.1) is 13.8 Å². The van der Waals surface area contributed by atoms with Gasteiger partial charge < -0.3 is 9.47 Å². The quantitative estimate of drug-likeness (QED) is 0.834. The van der Waals surface area contributed by atoms with Crippen molar-refractivity contribution in [3.8, 4) is 0 Å². The molecular formula is C22H31N3O. The molecule has 0 unspecified atom stereocenters. The number of nitrogens with zero attached hydrogens (tertiary/aromatic N) is 3. The van der Waals surface area contributed by atoms with E-state index < -0.39 is 0 Å². The van der Waals surface area contributed by atoms with Crippen molar-refractivity contribution in [2.75, 3.05) is 26.2 Å². The molecule has 1 aromatic heterocycles. The average Bonchev–Trinajstić information content (AvgIpc) is 2.95. The van der Waals surface area contributed by atoms with Crippen LogP contribution in [-0.2, 0) is 0 Å². The topological polar surface area (TPSA) is 28.5 Å². The van der Waals surface area contributed by atoms with Gasteiger partial charge >= 0.3 is 0 Å². The molecule has 4 nitrogen and oxygen atoms in total. The number of amides is 1. The number of carbonyl (C=O) groups is 1.